The van der Waals surface area contributed by atoms with Crippen LogP contribution in [-0.2, 0) is 19.6 Å². The lowest BCUT2D eigenvalue weighted by molar-refractivity contribution is -0.144. The predicted octanol–water partition coefficient (Wildman–Crippen LogP) is 1.93. The van der Waals surface area contributed by atoms with Gasteiger partial charge in [-0.15, -0.1) is 0 Å². The van der Waals surface area contributed by atoms with Gasteiger partial charge >= 0.3 is 5.97 Å². The number of Topliss-reactive ketones (excluding diaryl/α,β-unsaturated/α-hetero) is 1. The van der Waals surface area contributed by atoms with E-state index in [2.05, 4.69) is 4.72 Å². The molecule has 2 aromatic carbocycles. The van der Waals surface area contributed by atoms with Gasteiger partial charge in [-0.1, -0.05) is 0 Å². The van der Waals surface area contributed by atoms with Crippen molar-refractivity contribution in [1.29, 1.82) is 0 Å². The Balaban J connectivity index is 1.93. The van der Waals surface area contributed by atoms with Gasteiger partial charge in [0.1, 0.15) is 17.6 Å². The van der Waals surface area contributed by atoms with Gasteiger partial charge in [-0.25, -0.2) is 12.8 Å². The minimum absolute atomic E-state index is 0.0506. The van der Waals surface area contributed by atoms with Gasteiger partial charge in [-0.2, -0.15) is 4.72 Å². The van der Waals surface area contributed by atoms with Crippen LogP contribution in [-0.4, -0.2) is 39.9 Å². The van der Waals surface area contributed by atoms with E-state index in [0.29, 0.717) is 5.75 Å². The van der Waals surface area contributed by atoms with Crippen LogP contribution in [0, 0.1) is 5.82 Å². The number of hydrogen-bond acceptors (Lipinski definition) is 6. The Morgan fingerprint density at radius 2 is 1.67 bits per heavy atom. The van der Waals surface area contributed by atoms with Crippen LogP contribution in [0.5, 0.6) is 5.75 Å². The van der Waals surface area contributed by atoms with Gasteiger partial charge in [-0.3, -0.25) is 9.59 Å². The maximum Gasteiger partial charge on any atom is 0.324 e. The summed E-state index contributed by atoms with van der Waals surface area (Å²) >= 11 is 0. The number of nitrogens with one attached hydrogen (secondary N) is 1. The van der Waals surface area contributed by atoms with Crippen LogP contribution < -0.4 is 9.46 Å². The fraction of sp³-hybridized carbons (Fsp3) is 0.222. The van der Waals surface area contributed by atoms with Crippen LogP contribution in [0.2, 0.25) is 0 Å². The molecule has 144 valence electrons. The van der Waals surface area contributed by atoms with Crippen molar-refractivity contribution in [2.75, 3.05) is 13.7 Å². The highest BCUT2D eigenvalue weighted by molar-refractivity contribution is 7.89. The van der Waals surface area contributed by atoms with Gasteiger partial charge in [0.2, 0.25) is 10.0 Å². The van der Waals surface area contributed by atoms with Crippen molar-refractivity contribution < 1.29 is 31.9 Å². The molecule has 0 amide bonds. The van der Waals surface area contributed by atoms with Crippen molar-refractivity contribution in [1.82, 2.24) is 4.72 Å². The molecule has 1 atom stereocenters. The number of rotatable bonds is 8. The molecule has 7 nitrogen and oxygen atoms in total. The third-order valence-corrected chi connectivity index (χ3v) is 5.12. The lowest BCUT2D eigenvalue weighted by Crippen LogP contribution is -2.40. The van der Waals surface area contributed by atoms with Gasteiger partial charge in [0.25, 0.3) is 0 Å². The molecule has 0 fully saturated rings. The third kappa shape index (κ3) is 5.60. The van der Waals surface area contributed by atoms with Crippen molar-refractivity contribution in [3.8, 4) is 5.75 Å². The highest BCUT2D eigenvalue weighted by Gasteiger charge is 2.24. The van der Waals surface area contributed by atoms with Crippen LogP contribution in [0.3, 0.4) is 0 Å². The molecule has 1 unspecified atom stereocenters. The maximum absolute atomic E-state index is 12.8. The van der Waals surface area contributed by atoms with E-state index in [0.717, 1.165) is 12.1 Å². The van der Waals surface area contributed by atoms with Crippen molar-refractivity contribution >= 4 is 21.8 Å². The molecule has 0 spiro atoms. The fourth-order valence-corrected chi connectivity index (χ4v) is 3.28. The molecule has 9 heteroatoms. The van der Waals surface area contributed by atoms with Gasteiger partial charge in [0.05, 0.1) is 12.0 Å². The van der Waals surface area contributed by atoms with Crippen molar-refractivity contribution in [2.24, 2.45) is 0 Å². The molecule has 0 aromatic heterocycles. The van der Waals surface area contributed by atoms with Gasteiger partial charge in [0.15, 0.2) is 12.4 Å². The Morgan fingerprint density at radius 3 is 2.22 bits per heavy atom. The Labute approximate surface area is 156 Å². The molecule has 0 saturated carbocycles. The molecule has 0 aliphatic carbocycles. The summed E-state index contributed by atoms with van der Waals surface area (Å²) in [4.78, 5) is 23.8. The standard InChI is InChI=1S/C18H18FNO6S/c1-12(20-27(23,24)16-9-7-15(25-2)8-10-16)18(22)26-11-17(21)13-3-5-14(19)6-4-13/h3-10,12,20H,11H2,1-2H3. The smallest absolute Gasteiger partial charge is 0.324 e. The second-order valence-electron chi connectivity index (χ2n) is 5.56. The zero-order chi connectivity index (χ0) is 20.0. The lowest BCUT2D eigenvalue weighted by atomic mass is 10.1. The summed E-state index contributed by atoms with van der Waals surface area (Å²) in [5.74, 6) is -1.46. The molecule has 0 aliphatic rings. The van der Waals surface area contributed by atoms with E-state index in [4.69, 9.17) is 9.47 Å². The maximum atomic E-state index is 12.8. The molecule has 2 aromatic rings. The second kappa shape index (κ2) is 8.74. The number of carbonyl (C=O) groups excluding carboxylic acids is 2. The van der Waals surface area contributed by atoms with Crippen LogP contribution in [0.1, 0.15) is 17.3 Å². The van der Waals surface area contributed by atoms with E-state index in [1.165, 1.54) is 50.4 Å². The molecule has 1 N–H and O–H groups in total. The highest BCUT2D eigenvalue weighted by Crippen LogP contribution is 2.15. The Hall–Kier alpha value is -2.78. The molecule has 0 heterocycles. The molecule has 0 saturated heterocycles. The quantitative estimate of drug-likeness (QED) is 0.542. The van der Waals surface area contributed by atoms with E-state index < -0.39 is 40.2 Å². The summed E-state index contributed by atoms with van der Waals surface area (Å²) in [6.45, 7) is 0.713. The monoisotopic (exact) mass is 395 g/mol. The molecular weight excluding hydrogens is 377 g/mol. The third-order valence-electron chi connectivity index (χ3n) is 3.57. The van der Waals surface area contributed by atoms with Gasteiger partial charge in [-0.05, 0) is 55.5 Å². The van der Waals surface area contributed by atoms with E-state index in [1.54, 1.807) is 0 Å². The van der Waals surface area contributed by atoms with Crippen LogP contribution >= 0.6 is 0 Å². The number of sulfonamides is 1. The highest BCUT2D eigenvalue weighted by atomic mass is 32.2. The number of benzene rings is 2. The summed E-state index contributed by atoms with van der Waals surface area (Å²) in [7, 11) is -2.51. The first-order valence-electron chi connectivity index (χ1n) is 7.84. The van der Waals surface area contributed by atoms with E-state index in [1.807, 2.05) is 0 Å². The SMILES string of the molecule is COc1ccc(S(=O)(=O)NC(C)C(=O)OCC(=O)c2ccc(F)cc2)cc1. The number of ether oxygens (including phenoxy) is 2. The zero-order valence-electron chi connectivity index (χ0n) is 14.6. The molecular formula is C18H18FNO6S. The lowest BCUT2D eigenvalue weighted by Gasteiger charge is -2.14. The minimum Gasteiger partial charge on any atom is -0.497 e. The summed E-state index contributed by atoms with van der Waals surface area (Å²) in [6, 6.07) is 9.15. The number of hydrogen-bond donors (Lipinski definition) is 1. The summed E-state index contributed by atoms with van der Waals surface area (Å²) in [5, 5.41) is 0. The predicted molar refractivity (Wildman–Crippen MR) is 94.5 cm³/mol. The molecule has 0 radical (unpaired) electrons. The van der Waals surface area contributed by atoms with E-state index >= 15 is 0 Å². The molecule has 0 aliphatic heterocycles. The van der Waals surface area contributed by atoms with Crippen LogP contribution in [0.15, 0.2) is 53.4 Å². The van der Waals surface area contributed by atoms with Crippen LogP contribution in [0.25, 0.3) is 0 Å². The number of carbonyl (C=O) groups is 2. The van der Waals surface area contributed by atoms with Gasteiger partial charge < -0.3 is 9.47 Å². The number of esters is 1. The first-order chi connectivity index (χ1) is 12.7. The minimum atomic E-state index is -3.96. The van der Waals surface area contributed by atoms with Crippen molar-refractivity contribution in [3.63, 3.8) is 0 Å². The first kappa shape index (κ1) is 20.5. The average Bonchev–Trinajstić information content (AvgIpc) is 2.66. The average molecular weight is 395 g/mol. The second-order valence-corrected chi connectivity index (χ2v) is 7.27. The number of halogens is 1. The first-order valence-corrected chi connectivity index (χ1v) is 9.33. The van der Waals surface area contributed by atoms with Crippen LogP contribution in [0.4, 0.5) is 4.39 Å². The zero-order valence-corrected chi connectivity index (χ0v) is 15.5. The van der Waals surface area contributed by atoms with E-state index in [-0.39, 0.29) is 10.5 Å². The molecule has 27 heavy (non-hydrogen) atoms. The summed E-state index contributed by atoms with van der Waals surface area (Å²) < 4.78 is 49.4. The van der Waals surface area contributed by atoms with E-state index in [9.17, 15) is 22.4 Å². The largest absolute Gasteiger partial charge is 0.497 e. The fourth-order valence-electron chi connectivity index (χ4n) is 2.08. The normalized spacial score (nSPS) is 12.3. The molecule has 2 rings (SSSR count). The molecule has 0 bridgehead atoms. The topological polar surface area (TPSA) is 98.8 Å². The summed E-state index contributed by atoms with van der Waals surface area (Å²) in [5.41, 5.74) is 0.177. The van der Waals surface area contributed by atoms with Crippen molar-refractivity contribution in [3.05, 3.63) is 59.9 Å². The Kier molecular flexibility index (Phi) is 6.65. The Morgan fingerprint density at radius 1 is 1.07 bits per heavy atom. The Bertz CT molecular complexity index is 910. The summed E-state index contributed by atoms with van der Waals surface area (Å²) in [6.07, 6.45) is 0. The van der Waals surface area contributed by atoms with Gasteiger partial charge in [0, 0.05) is 5.56 Å². The number of ketones is 1. The van der Waals surface area contributed by atoms with Crippen molar-refractivity contribution in [2.45, 2.75) is 17.9 Å². The number of methoxy groups -OCH3 is 1.